The Kier molecular flexibility index (Phi) is 3.28. The molecule has 0 saturated heterocycles. The third-order valence-electron chi connectivity index (χ3n) is 1.93. The van der Waals surface area contributed by atoms with E-state index in [1.807, 2.05) is 24.1 Å². The molecule has 0 aliphatic rings. The summed E-state index contributed by atoms with van der Waals surface area (Å²) in [5.41, 5.74) is 0.323. The van der Waals surface area contributed by atoms with Crippen molar-refractivity contribution in [3.63, 3.8) is 0 Å². The van der Waals surface area contributed by atoms with Crippen molar-refractivity contribution in [3.05, 3.63) is 24.0 Å². The first-order chi connectivity index (χ1) is 6.94. The second-order valence-electron chi connectivity index (χ2n) is 4.15. The van der Waals surface area contributed by atoms with Gasteiger partial charge in [-0.2, -0.15) is 5.26 Å². The SMILES string of the molecule is CN(CC(C)(C)O)c1cccnc1C#N. The van der Waals surface area contributed by atoms with Crippen LogP contribution in [0.25, 0.3) is 0 Å². The van der Waals surface area contributed by atoms with Gasteiger partial charge in [0, 0.05) is 19.8 Å². The molecule has 1 N–H and O–H groups in total. The molecule has 1 aromatic heterocycles. The summed E-state index contributed by atoms with van der Waals surface area (Å²) in [6.45, 7) is 3.91. The molecule has 0 saturated carbocycles. The highest BCUT2D eigenvalue weighted by Gasteiger charge is 2.17. The van der Waals surface area contributed by atoms with Crippen molar-refractivity contribution in [2.24, 2.45) is 0 Å². The lowest BCUT2D eigenvalue weighted by Gasteiger charge is -2.27. The Morgan fingerprint density at radius 3 is 2.80 bits per heavy atom. The van der Waals surface area contributed by atoms with Gasteiger partial charge in [-0.05, 0) is 26.0 Å². The van der Waals surface area contributed by atoms with Crippen LogP contribution in [0.15, 0.2) is 18.3 Å². The average molecular weight is 205 g/mol. The van der Waals surface area contributed by atoms with Gasteiger partial charge in [-0.1, -0.05) is 0 Å². The molecule has 0 amide bonds. The molecule has 0 aliphatic heterocycles. The summed E-state index contributed by atoms with van der Waals surface area (Å²) in [5.74, 6) is 0. The number of anilines is 1. The van der Waals surface area contributed by atoms with Crippen molar-refractivity contribution in [2.75, 3.05) is 18.5 Å². The van der Waals surface area contributed by atoms with E-state index in [2.05, 4.69) is 4.98 Å². The van der Waals surface area contributed by atoms with E-state index in [1.165, 1.54) is 0 Å². The molecule has 0 radical (unpaired) electrons. The molecule has 0 aliphatic carbocycles. The zero-order valence-corrected chi connectivity index (χ0v) is 9.23. The molecule has 1 heterocycles. The molecule has 80 valence electrons. The van der Waals surface area contributed by atoms with E-state index in [-0.39, 0.29) is 0 Å². The molecule has 0 fully saturated rings. The van der Waals surface area contributed by atoms with E-state index in [0.717, 1.165) is 5.69 Å². The fourth-order valence-electron chi connectivity index (χ4n) is 1.46. The monoisotopic (exact) mass is 205 g/mol. The van der Waals surface area contributed by atoms with Gasteiger partial charge in [-0.15, -0.1) is 0 Å². The van der Waals surface area contributed by atoms with Crippen LogP contribution in [-0.4, -0.2) is 29.3 Å². The largest absolute Gasteiger partial charge is 0.389 e. The first-order valence-electron chi connectivity index (χ1n) is 4.72. The Balaban J connectivity index is 2.92. The van der Waals surface area contributed by atoms with E-state index >= 15 is 0 Å². The first kappa shape index (κ1) is 11.5. The zero-order valence-electron chi connectivity index (χ0n) is 9.23. The number of hydrogen-bond donors (Lipinski definition) is 1. The summed E-state index contributed by atoms with van der Waals surface area (Å²) < 4.78 is 0. The number of nitrogens with zero attached hydrogens (tertiary/aromatic N) is 3. The average Bonchev–Trinajstić information content (AvgIpc) is 2.15. The quantitative estimate of drug-likeness (QED) is 0.804. The van der Waals surface area contributed by atoms with Gasteiger partial charge in [0.1, 0.15) is 6.07 Å². The Hall–Kier alpha value is -1.60. The molecule has 0 bridgehead atoms. The van der Waals surface area contributed by atoms with Crippen LogP contribution in [0, 0.1) is 11.3 Å². The summed E-state index contributed by atoms with van der Waals surface area (Å²) in [5, 5.41) is 18.5. The van der Waals surface area contributed by atoms with E-state index in [9.17, 15) is 5.11 Å². The molecule has 0 atom stereocenters. The van der Waals surface area contributed by atoms with Crippen molar-refractivity contribution in [1.29, 1.82) is 5.26 Å². The fourth-order valence-corrected chi connectivity index (χ4v) is 1.46. The predicted octanol–water partition coefficient (Wildman–Crippen LogP) is 1.16. The molecule has 0 unspecified atom stereocenters. The fraction of sp³-hybridized carbons (Fsp3) is 0.455. The Morgan fingerprint density at radius 2 is 2.27 bits per heavy atom. The molecule has 1 rings (SSSR count). The van der Waals surface area contributed by atoms with Gasteiger partial charge >= 0.3 is 0 Å². The van der Waals surface area contributed by atoms with Crippen molar-refractivity contribution in [3.8, 4) is 6.07 Å². The number of pyridine rings is 1. The van der Waals surface area contributed by atoms with Gasteiger partial charge in [-0.3, -0.25) is 0 Å². The van der Waals surface area contributed by atoms with Crippen LogP contribution in [0.1, 0.15) is 19.5 Å². The maximum absolute atomic E-state index is 9.67. The number of rotatable bonds is 3. The third kappa shape index (κ3) is 3.22. The van der Waals surface area contributed by atoms with Gasteiger partial charge in [-0.25, -0.2) is 4.98 Å². The number of aromatic nitrogens is 1. The summed E-state index contributed by atoms with van der Waals surface area (Å²) >= 11 is 0. The Morgan fingerprint density at radius 1 is 1.60 bits per heavy atom. The number of aliphatic hydroxyl groups is 1. The van der Waals surface area contributed by atoms with Gasteiger partial charge in [0.2, 0.25) is 0 Å². The minimum Gasteiger partial charge on any atom is -0.389 e. The van der Waals surface area contributed by atoms with Crippen LogP contribution in [0.4, 0.5) is 5.69 Å². The second kappa shape index (κ2) is 4.28. The lowest BCUT2D eigenvalue weighted by molar-refractivity contribution is 0.0886. The van der Waals surface area contributed by atoms with Crippen LogP contribution in [-0.2, 0) is 0 Å². The molecular formula is C11H15N3O. The normalized spacial score (nSPS) is 10.9. The standard InChI is InChI=1S/C11H15N3O/c1-11(2,15)8-14(3)10-5-4-6-13-9(10)7-12/h4-6,15H,8H2,1-3H3. The second-order valence-corrected chi connectivity index (χ2v) is 4.15. The Labute approximate surface area is 89.8 Å². The van der Waals surface area contributed by atoms with Crippen LogP contribution in [0.2, 0.25) is 0 Å². The summed E-state index contributed by atoms with van der Waals surface area (Å²) in [6, 6.07) is 5.62. The highest BCUT2D eigenvalue weighted by Crippen LogP contribution is 2.17. The van der Waals surface area contributed by atoms with E-state index in [1.54, 1.807) is 26.1 Å². The van der Waals surface area contributed by atoms with Gasteiger partial charge in [0.25, 0.3) is 0 Å². The maximum Gasteiger partial charge on any atom is 0.163 e. The molecule has 0 spiro atoms. The van der Waals surface area contributed by atoms with Gasteiger partial charge < -0.3 is 10.0 Å². The molecule has 4 heteroatoms. The number of likely N-dealkylation sites (N-methyl/N-ethyl adjacent to an activating group) is 1. The molecule has 15 heavy (non-hydrogen) atoms. The van der Waals surface area contributed by atoms with Crippen molar-refractivity contribution >= 4 is 5.69 Å². The molecular weight excluding hydrogens is 190 g/mol. The molecule has 1 aromatic rings. The summed E-state index contributed by atoms with van der Waals surface area (Å²) in [7, 11) is 1.83. The smallest absolute Gasteiger partial charge is 0.163 e. The van der Waals surface area contributed by atoms with Gasteiger partial charge in [0.05, 0.1) is 11.3 Å². The number of hydrogen-bond acceptors (Lipinski definition) is 4. The maximum atomic E-state index is 9.67. The van der Waals surface area contributed by atoms with Crippen LogP contribution < -0.4 is 4.90 Å². The predicted molar refractivity (Wildman–Crippen MR) is 58.5 cm³/mol. The third-order valence-corrected chi connectivity index (χ3v) is 1.93. The van der Waals surface area contributed by atoms with Crippen molar-refractivity contribution in [2.45, 2.75) is 19.4 Å². The summed E-state index contributed by atoms with van der Waals surface area (Å²) in [4.78, 5) is 5.79. The minimum absolute atomic E-state index is 0.379. The number of nitriles is 1. The Bertz CT molecular complexity index is 376. The first-order valence-corrected chi connectivity index (χ1v) is 4.72. The molecule has 0 aromatic carbocycles. The van der Waals surface area contributed by atoms with Crippen LogP contribution in [0.3, 0.4) is 0 Å². The highest BCUT2D eigenvalue weighted by atomic mass is 16.3. The summed E-state index contributed by atoms with van der Waals surface area (Å²) in [6.07, 6.45) is 1.58. The zero-order chi connectivity index (χ0) is 11.5. The van der Waals surface area contributed by atoms with Crippen molar-refractivity contribution < 1.29 is 5.11 Å². The topological polar surface area (TPSA) is 60.1 Å². The van der Waals surface area contributed by atoms with Crippen LogP contribution in [0.5, 0.6) is 0 Å². The lowest BCUT2D eigenvalue weighted by Crippen LogP contribution is -2.36. The van der Waals surface area contributed by atoms with Crippen molar-refractivity contribution in [1.82, 2.24) is 4.98 Å². The van der Waals surface area contributed by atoms with Gasteiger partial charge in [0.15, 0.2) is 5.69 Å². The van der Waals surface area contributed by atoms with E-state index in [4.69, 9.17) is 5.26 Å². The highest BCUT2D eigenvalue weighted by molar-refractivity contribution is 5.55. The molecule has 4 nitrogen and oxygen atoms in total. The van der Waals surface area contributed by atoms with Crippen LogP contribution >= 0.6 is 0 Å². The van der Waals surface area contributed by atoms with E-state index in [0.29, 0.717) is 12.2 Å². The lowest BCUT2D eigenvalue weighted by atomic mass is 10.1. The minimum atomic E-state index is -0.794. The van der Waals surface area contributed by atoms with E-state index < -0.39 is 5.60 Å².